The van der Waals surface area contributed by atoms with Crippen LogP contribution in [0.3, 0.4) is 0 Å². The Bertz CT molecular complexity index is 392. The fourth-order valence-corrected chi connectivity index (χ4v) is 2.94. The van der Waals surface area contributed by atoms with Crippen LogP contribution in [0.15, 0.2) is 10.7 Å². The van der Waals surface area contributed by atoms with E-state index in [2.05, 4.69) is 51.6 Å². The first-order valence-corrected chi connectivity index (χ1v) is 7.21. The summed E-state index contributed by atoms with van der Waals surface area (Å²) >= 11 is 3.48. The smallest absolute Gasteiger partial charge is 0.133 e. The molecule has 2 rings (SSSR count). The molecule has 1 aliphatic rings. The molecule has 1 aromatic rings. The van der Waals surface area contributed by atoms with Crippen LogP contribution in [-0.2, 0) is 6.42 Å². The molecule has 2 heterocycles. The van der Waals surface area contributed by atoms with Gasteiger partial charge in [-0.2, -0.15) is 0 Å². The minimum absolute atomic E-state index is 0.626. The monoisotopic (exact) mass is 297 g/mol. The molecular formula is C13H20BrN3. The first-order valence-electron chi connectivity index (χ1n) is 6.42. The summed E-state index contributed by atoms with van der Waals surface area (Å²) in [6, 6.07) is 2.67. The largest absolute Gasteiger partial charge is 0.353 e. The van der Waals surface area contributed by atoms with Crippen LogP contribution < -0.4 is 4.90 Å². The normalized spacial score (nSPS) is 20.3. The summed E-state index contributed by atoms with van der Waals surface area (Å²) in [4.78, 5) is 11.5. The van der Waals surface area contributed by atoms with Crippen LogP contribution in [0.1, 0.15) is 39.4 Å². The van der Waals surface area contributed by atoms with Crippen LogP contribution >= 0.6 is 15.9 Å². The molecule has 4 heteroatoms. The van der Waals surface area contributed by atoms with E-state index in [4.69, 9.17) is 0 Å². The second kappa shape index (κ2) is 5.34. The third-order valence-electron chi connectivity index (χ3n) is 3.41. The molecule has 94 valence electrons. The maximum absolute atomic E-state index is 4.65. The molecule has 1 aromatic heterocycles. The molecule has 0 spiro atoms. The molecule has 0 aliphatic carbocycles. The summed E-state index contributed by atoms with van der Waals surface area (Å²) in [5, 5.41) is 0. The molecule has 0 saturated carbocycles. The fraction of sp³-hybridized carbons (Fsp3) is 0.692. The van der Waals surface area contributed by atoms with Crippen molar-refractivity contribution in [1.29, 1.82) is 0 Å². The number of aryl methyl sites for hydroxylation is 1. The van der Waals surface area contributed by atoms with Gasteiger partial charge in [0, 0.05) is 25.1 Å². The third-order valence-corrected chi connectivity index (χ3v) is 3.81. The second-order valence-corrected chi connectivity index (χ2v) is 5.78. The Morgan fingerprint density at radius 2 is 2.24 bits per heavy atom. The van der Waals surface area contributed by atoms with Gasteiger partial charge in [0.1, 0.15) is 16.2 Å². The summed E-state index contributed by atoms with van der Waals surface area (Å²) in [6.07, 6.45) is 3.43. The van der Waals surface area contributed by atoms with E-state index in [9.17, 15) is 0 Å². The van der Waals surface area contributed by atoms with E-state index in [1.165, 1.54) is 12.8 Å². The van der Waals surface area contributed by atoms with Crippen molar-refractivity contribution in [2.75, 3.05) is 11.4 Å². The number of nitrogens with zero attached hydrogens (tertiary/aromatic N) is 3. The molecule has 0 bridgehead atoms. The summed E-state index contributed by atoms with van der Waals surface area (Å²) < 4.78 is 0.897. The van der Waals surface area contributed by atoms with Crippen LogP contribution in [0.25, 0.3) is 0 Å². The molecule has 0 amide bonds. The van der Waals surface area contributed by atoms with Gasteiger partial charge in [-0.05, 0) is 34.7 Å². The highest BCUT2D eigenvalue weighted by Crippen LogP contribution is 2.29. The van der Waals surface area contributed by atoms with Gasteiger partial charge in [0.05, 0.1) is 0 Å². The highest BCUT2D eigenvalue weighted by atomic mass is 79.9. The van der Waals surface area contributed by atoms with Gasteiger partial charge in [0.15, 0.2) is 0 Å². The Balaban J connectivity index is 2.29. The maximum Gasteiger partial charge on any atom is 0.133 e. The lowest BCUT2D eigenvalue weighted by Crippen LogP contribution is -2.34. The first kappa shape index (κ1) is 12.8. The van der Waals surface area contributed by atoms with Gasteiger partial charge in [-0.3, -0.25) is 0 Å². The number of hydrogen-bond donors (Lipinski definition) is 0. The van der Waals surface area contributed by atoms with E-state index >= 15 is 0 Å². The van der Waals surface area contributed by atoms with E-state index in [1.54, 1.807) is 0 Å². The molecule has 1 saturated heterocycles. The zero-order chi connectivity index (χ0) is 12.4. The van der Waals surface area contributed by atoms with Crippen LogP contribution in [0, 0.1) is 5.92 Å². The summed E-state index contributed by atoms with van der Waals surface area (Å²) in [7, 11) is 0. The number of rotatable bonds is 3. The molecule has 1 atom stereocenters. The molecule has 1 unspecified atom stereocenters. The summed E-state index contributed by atoms with van der Waals surface area (Å²) in [5.74, 6) is 2.68. The van der Waals surface area contributed by atoms with Gasteiger partial charge >= 0.3 is 0 Å². The minimum Gasteiger partial charge on any atom is -0.353 e. The van der Waals surface area contributed by atoms with Crippen LogP contribution in [0.5, 0.6) is 0 Å². The van der Waals surface area contributed by atoms with E-state index in [0.717, 1.165) is 29.2 Å². The summed E-state index contributed by atoms with van der Waals surface area (Å²) in [5.41, 5.74) is 0. The Hall–Kier alpha value is -0.640. The molecule has 0 N–H and O–H groups in total. The zero-order valence-electron chi connectivity index (χ0n) is 10.8. The molecule has 3 nitrogen and oxygen atoms in total. The lowest BCUT2D eigenvalue weighted by molar-refractivity contribution is 0.489. The van der Waals surface area contributed by atoms with E-state index < -0.39 is 0 Å². The number of halogens is 1. The molecule has 1 fully saturated rings. The topological polar surface area (TPSA) is 29.0 Å². The highest BCUT2D eigenvalue weighted by Gasteiger charge is 2.28. The van der Waals surface area contributed by atoms with Crippen LogP contribution in [0.4, 0.5) is 5.82 Å². The van der Waals surface area contributed by atoms with Gasteiger partial charge in [-0.15, -0.1) is 0 Å². The Kier molecular flexibility index (Phi) is 4.02. The molecular weight excluding hydrogens is 278 g/mol. The van der Waals surface area contributed by atoms with E-state index in [1.807, 2.05) is 6.07 Å². The lowest BCUT2D eigenvalue weighted by Gasteiger charge is -2.28. The fourth-order valence-electron chi connectivity index (χ4n) is 2.53. The average molecular weight is 298 g/mol. The van der Waals surface area contributed by atoms with Gasteiger partial charge < -0.3 is 4.90 Å². The number of aromatic nitrogens is 2. The SMILES string of the molecule is CCc1nc(Br)cc(N2CCCC2C(C)C)n1. The molecule has 17 heavy (non-hydrogen) atoms. The Morgan fingerprint density at radius 3 is 2.88 bits per heavy atom. The number of anilines is 1. The Labute approximate surface area is 112 Å². The predicted molar refractivity (Wildman–Crippen MR) is 74.3 cm³/mol. The van der Waals surface area contributed by atoms with Crippen molar-refractivity contribution in [3.63, 3.8) is 0 Å². The van der Waals surface area contributed by atoms with Gasteiger partial charge in [0.2, 0.25) is 0 Å². The van der Waals surface area contributed by atoms with Crippen molar-refractivity contribution in [1.82, 2.24) is 9.97 Å². The summed E-state index contributed by atoms with van der Waals surface area (Å²) in [6.45, 7) is 7.80. The van der Waals surface area contributed by atoms with Crippen molar-refractivity contribution in [2.24, 2.45) is 5.92 Å². The molecule has 0 aromatic carbocycles. The van der Waals surface area contributed by atoms with Crippen molar-refractivity contribution in [3.05, 3.63) is 16.5 Å². The predicted octanol–water partition coefficient (Wildman–Crippen LogP) is 3.43. The molecule has 1 aliphatic heterocycles. The van der Waals surface area contributed by atoms with Gasteiger partial charge in [0.25, 0.3) is 0 Å². The van der Waals surface area contributed by atoms with Crippen LogP contribution in [-0.4, -0.2) is 22.6 Å². The third kappa shape index (κ3) is 2.79. The average Bonchev–Trinajstić information content (AvgIpc) is 2.77. The van der Waals surface area contributed by atoms with Crippen molar-refractivity contribution in [2.45, 2.75) is 46.1 Å². The maximum atomic E-state index is 4.65. The van der Waals surface area contributed by atoms with Gasteiger partial charge in [-0.25, -0.2) is 9.97 Å². The van der Waals surface area contributed by atoms with E-state index in [0.29, 0.717) is 12.0 Å². The lowest BCUT2D eigenvalue weighted by atomic mass is 10.0. The van der Waals surface area contributed by atoms with Crippen molar-refractivity contribution < 1.29 is 0 Å². The first-order chi connectivity index (χ1) is 8.11. The Morgan fingerprint density at radius 1 is 1.47 bits per heavy atom. The van der Waals surface area contributed by atoms with Gasteiger partial charge in [-0.1, -0.05) is 20.8 Å². The quantitative estimate of drug-likeness (QED) is 0.801. The highest BCUT2D eigenvalue weighted by molar-refractivity contribution is 9.10. The van der Waals surface area contributed by atoms with E-state index in [-0.39, 0.29) is 0 Å². The standard InChI is InChI=1S/C13H20BrN3/c1-4-12-15-11(14)8-13(16-12)17-7-5-6-10(17)9(2)3/h8-10H,4-7H2,1-3H3. The second-order valence-electron chi connectivity index (χ2n) is 4.97. The van der Waals surface area contributed by atoms with Crippen LogP contribution in [0.2, 0.25) is 0 Å². The minimum atomic E-state index is 0.626. The molecule has 0 radical (unpaired) electrons. The van der Waals surface area contributed by atoms with Crippen molar-refractivity contribution >= 4 is 21.7 Å². The zero-order valence-corrected chi connectivity index (χ0v) is 12.4. The van der Waals surface area contributed by atoms with Crippen molar-refractivity contribution in [3.8, 4) is 0 Å². The number of hydrogen-bond acceptors (Lipinski definition) is 3.